The number of pyridine rings is 1. The number of aliphatic hydroxyl groups excluding tert-OH is 1. The van der Waals surface area contributed by atoms with Crippen LogP contribution in [0.2, 0.25) is 5.02 Å². The molecule has 5 rings (SSSR count). The van der Waals surface area contributed by atoms with Crippen LogP contribution < -0.4 is 4.90 Å². The molecule has 0 aliphatic carbocycles. The molecule has 1 fully saturated rings. The second-order valence-corrected chi connectivity index (χ2v) is 10.5. The monoisotopic (exact) mass is 516 g/mol. The lowest BCUT2D eigenvalue weighted by molar-refractivity contribution is -0.132. The van der Waals surface area contributed by atoms with E-state index >= 15 is 0 Å². The molecule has 1 amide bonds. The molecular formula is C30H33ClN4O2. The highest BCUT2D eigenvalue weighted by Crippen LogP contribution is 2.42. The highest BCUT2D eigenvalue weighted by atomic mass is 35.5. The highest BCUT2D eigenvalue weighted by Gasteiger charge is 2.23. The number of rotatable bonds is 6. The van der Waals surface area contributed by atoms with Crippen molar-refractivity contribution < 1.29 is 9.90 Å². The number of hydrogen-bond donors (Lipinski definition) is 1. The van der Waals surface area contributed by atoms with Gasteiger partial charge in [-0.2, -0.15) is 0 Å². The fourth-order valence-corrected chi connectivity index (χ4v) is 5.46. The summed E-state index contributed by atoms with van der Waals surface area (Å²) in [6.07, 6.45) is 2.35. The number of halogens is 1. The molecular weight excluding hydrogens is 484 g/mol. The summed E-state index contributed by atoms with van der Waals surface area (Å²) in [6, 6.07) is 18.4. The second kappa shape index (κ2) is 10.6. The van der Waals surface area contributed by atoms with E-state index in [4.69, 9.17) is 11.6 Å². The molecule has 6 nitrogen and oxygen atoms in total. The summed E-state index contributed by atoms with van der Waals surface area (Å²) in [5.74, 6) is 0.641. The van der Waals surface area contributed by atoms with E-state index in [9.17, 15) is 9.90 Å². The summed E-state index contributed by atoms with van der Waals surface area (Å²) in [5.41, 5.74) is 7.03. The van der Waals surface area contributed by atoms with E-state index in [1.165, 1.54) is 0 Å². The summed E-state index contributed by atoms with van der Waals surface area (Å²) in [5, 5.41) is 11.1. The van der Waals surface area contributed by atoms with Gasteiger partial charge >= 0.3 is 0 Å². The van der Waals surface area contributed by atoms with Crippen LogP contribution in [0.25, 0.3) is 33.4 Å². The van der Waals surface area contributed by atoms with Crippen LogP contribution in [0.15, 0.2) is 60.8 Å². The smallest absolute Gasteiger partial charge is 0.222 e. The number of nitrogens with zero attached hydrogens (tertiary/aromatic N) is 4. The molecule has 0 atom stereocenters. The lowest BCUT2D eigenvalue weighted by atomic mass is 9.97. The zero-order valence-electron chi connectivity index (χ0n) is 21.6. The quantitative estimate of drug-likeness (QED) is 0.354. The molecule has 1 N–H and O–H groups in total. The molecule has 192 valence electrons. The Morgan fingerprint density at radius 3 is 2.24 bits per heavy atom. The SMILES string of the molecule is CC(C)CC(=O)N1CCN(c2ccc(-c3c(-c4ccc(CO)cc4)c4c(Cl)ccnc4n3C)cc2)CC1. The first kappa shape index (κ1) is 25.3. The summed E-state index contributed by atoms with van der Waals surface area (Å²) >= 11 is 6.70. The van der Waals surface area contributed by atoms with Gasteiger partial charge < -0.3 is 19.5 Å². The first-order valence-corrected chi connectivity index (χ1v) is 13.2. The number of fused-ring (bicyclic) bond motifs is 1. The molecule has 1 saturated heterocycles. The largest absolute Gasteiger partial charge is 0.392 e. The van der Waals surface area contributed by atoms with Crippen LogP contribution in [0.5, 0.6) is 0 Å². The lowest BCUT2D eigenvalue weighted by Crippen LogP contribution is -2.49. The van der Waals surface area contributed by atoms with Crippen LogP contribution in [0.1, 0.15) is 25.8 Å². The van der Waals surface area contributed by atoms with Gasteiger partial charge in [-0.05, 0) is 40.8 Å². The van der Waals surface area contributed by atoms with Gasteiger partial charge in [0.15, 0.2) is 0 Å². The van der Waals surface area contributed by atoms with E-state index in [0.29, 0.717) is 17.4 Å². The lowest BCUT2D eigenvalue weighted by Gasteiger charge is -2.36. The van der Waals surface area contributed by atoms with E-state index in [1.807, 2.05) is 42.3 Å². The molecule has 0 bridgehead atoms. The molecule has 4 aromatic rings. The molecule has 0 spiro atoms. The third-order valence-corrected chi connectivity index (χ3v) is 7.48. The zero-order valence-corrected chi connectivity index (χ0v) is 22.4. The van der Waals surface area contributed by atoms with E-state index < -0.39 is 0 Å². The van der Waals surface area contributed by atoms with E-state index in [2.05, 4.69) is 52.6 Å². The van der Waals surface area contributed by atoms with E-state index in [1.54, 1.807) is 6.20 Å². The number of hydrogen-bond acceptors (Lipinski definition) is 4. The highest BCUT2D eigenvalue weighted by molar-refractivity contribution is 6.37. The Morgan fingerprint density at radius 1 is 0.973 bits per heavy atom. The van der Waals surface area contributed by atoms with Crippen molar-refractivity contribution in [3.05, 3.63) is 71.4 Å². The number of amides is 1. The third kappa shape index (κ3) is 4.96. The zero-order chi connectivity index (χ0) is 26.1. The van der Waals surface area contributed by atoms with Crippen molar-refractivity contribution in [1.82, 2.24) is 14.5 Å². The van der Waals surface area contributed by atoms with Crippen molar-refractivity contribution in [2.45, 2.75) is 26.9 Å². The van der Waals surface area contributed by atoms with Crippen molar-refractivity contribution in [3.63, 3.8) is 0 Å². The molecule has 2 aromatic carbocycles. The number of aliphatic hydroxyl groups is 1. The van der Waals surface area contributed by atoms with Gasteiger partial charge in [0.1, 0.15) is 5.65 Å². The molecule has 2 aromatic heterocycles. The van der Waals surface area contributed by atoms with Crippen LogP contribution in [-0.4, -0.2) is 51.6 Å². The molecule has 7 heteroatoms. The number of piperazine rings is 1. The molecule has 1 aliphatic heterocycles. The summed E-state index contributed by atoms with van der Waals surface area (Å²) < 4.78 is 2.10. The van der Waals surface area contributed by atoms with E-state index in [0.717, 1.165) is 70.8 Å². The maximum absolute atomic E-state index is 12.4. The standard InChI is InChI=1S/C30H33ClN4O2/c1-20(2)18-26(37)35-16-14-34(15-17-35)24-10-8-23(9-11-24)29-27(22-6-4-21(19-36)5-7-22)28-25(31)12-13-32-30(28)33(29)3/h4-13,20,36H,14-19H2,1-3H3. The van der Waals surface area contributed by atoms with Crippen molar-refractivity contribution in [2.24, 2.45) is 13.0 Å². The summed E-state index contributed by atoms with van der Waals surface area (Å²) in [7, 11) is 2.02. The third-order valence-electron chi connectivity index (χ3n) is 7.17. The Balaban J connectivity index is 1.46. The summed E-state index contributed by atoms with van der Waals surface area (Å²) in [4.78, 5) is 21.4. The summed E-state index contributed by atoms with van der Waals surface area (Å²) in [6.45, 7) is 7.37. The second-order valence-electron chi connectivity index (χ2n) is 10.1. The fraction of sp³-hybridized carbons (Fsp3) is 0.333. The number of aromatic nitrogens is 2. The first-order chi connectivity index (χ1) is 17.9. The Kier molecular flexibility index (Phi) is 7.22. The maximum atomic E-state index is 12.4. The topological polar surface area (TPSA) is 61.6 Å². The van der Waals surface area contributed by atoms with Crippen LogP contribution in [0.3, 0.4) is 0 Å². The van der Waals surface area contributed by atoms with Crippen LogP contribution in [0, 0.1) is 5.92 Å². The van der Waals surface area contributed by atoms with Gasteiger partial charge in [-0.25, -0.2) is 4.98 Å². The van der Waals surface area contributed by atoms with E-state index in [-0.39, 0.29) is 12.5 Å². The maximum Gasteiger partial charge on any atom is 0.222 e. The van der Waals surface area contributed by atoms with Crippen LogP contribution in [-0.2, 0) is 18.4 Å². The number of carbonyl (C=O) groups is 1. The Morgan fingerprint density at radius 2 is 1.62 bits per heavy atom. The van der Waals surface area contributed by atoms with Gasteiger partial charge in [0.05, 0.1) is 17.3 Å². The van der Waals surface area contributed by atoms with Crippen molar-refractivity contribution in [1.29, 1.82) is 0 Å². The molecule has 1 aliphatic rings. The molecule has 3 heterocycles. The molecule has 0 radical (unpaired) electrons. The molecule has 0 saturated carbocycles. The minimum atomic E-state index is 0.00654. The fourth-order valence-electron chi connectivity index (χ4n) is 5.22. The van der Waals surface area contributed by atoms with Crippen LogP contribution in [0.4, 0.5) is 5.69 Å². The predicted octanol–water partition coefficient (Wildman–Crippen LogP) is 5.75. The van der Waals surface area contributed by atoms with Gasteiger partial charge in [0, 0.05) is 62.5 Å². The van der Waals surface area contributed by atoms with Crippen molar-refractivity contribution >= 4 is 34.2 Å². The molecule has 0 unspecified atom stereocenters. The van der Waals surface area contributed by atoms with Crippen LogP contribution >= 0.6 is 11.6 Å². The number of anilines is 1. The van der Waals surface area contributed by atoms with Gasteiger partial charge in [0.25, 0.3) is 0 Å². The van der Waals surface area contributed by atoms with Gasteiger partial charge in [-0.1, -0.05) is 61.8 Å². The molecule has 37 heavy (non-hydrogen) atoms. The van der Waals surface area contributed by atoms with Gasteiger partial charge in [-0.15, -0.1) is 0 Å². The Hall–Kier alpha value is -3.35. The Labute approximate surface area is 223 Å². The van der Waals surface area contributed by atoms with Crippen molar-refractivity contribution in [2.75, 3.05) is 31.1 Å². The van der Waals surface area contributed by atoms with Crippen molar-refractivity contribution in [3.8, 4) is 22.4 Å². The average Bonchev–Trinajstić information content (AvgIpc) is 3.22. The Bertz CT molecular complexity index is 1400. The van der Waals surface area contributed by atoms with Gasteiger partial charge in [0.2, 0.25) is 5.91 Å². The minimum Gasteiger partial charge on any atom is -0.392 e. The number of benzene rings is 2. The number of carbonyl (C=O) groups excluding carboxylic acids is 1. The minimum absolute atomic E-state index is 0.00654. The average molecular weight is 517 g/mol. The predicted molar refractivity (Wildman–Crippen MR) is 151 cm³/mol. The number of aryl methyl sites for hydroxylation is 1. The normalized spacial score (nSPS) is 14.1. The first-order valence-electron chi connectivity index (χ1n) is 12.8. The van der Waals surface area contributed by atoms with Gasteiger partial charge in [-0.3, -0.25) is 4.79 Å².